The molecule has 12 aromatic rings. The monoisotopic (exact) mass is 826 g/mol. The van der Waals surface area contributed by atoms with E-state index in [2.05, 4.69) is 182 Å². The number of para-hydroxylation sites is 1. The van der Waals surface area contributed by atoms with Crippen LogP contribution in [-0.2, 0) is 0 Å². The van der Waals surface area contributed by atoms with Crippen LogP contribution in [-0.4, -0.2) is 19.9 Å². The van der Waals surface area contributed by atoms with E-state index in [0.29, 0.717) is 17.5 Å². The van der Waals surface area contributed by atoms with Crippen molar-refractivity contribution in [2.24, 2.45) is 0 Å². The van der Waals surface area contributed by atoms with Crippen molar-refractivity contribution in [1.82, 2.24) is 19.9 Å². The molecule has 0 unspecified atom stereocenters. The first-order valence-electron chi connectivity index (χ1n) is 20.6. The van der Waals surface area contributed by atoms with Gasteiger partial charge < -0.3 is 0 Å². The minimum atomic E-state index is 0.622. The molecule has 0 saturated heterocycles. The Morgan fingerprint density at radius 2 is 0.855 bits per heavy atom. The number of rotatable bonds is 7. The van der Waals surface area contributed by atoms with E-state index >= 15 is 0 Å². The summed E-state index contributed by atoms with van der Waals surface area (Å²) in [6.45, 7) is 0. The van der Waals surface area contributed by atoms with Gasteiger partial charge in [-0.3, -0.25) is 0 Å². The highest BCUT2D eigenvalue weighted by Crippen LogP contribution is 2.52. The van der Waals surface area contributed by atoms with E-state index in [-0.39, 0.29) is 0 Å². The van der Waals surface area contributed by atoms with Crippen LogP contribution in [0.2, 0.25) is 0 Å². The maximum Gasteiger partial charge on any atom is 0.164 e. The third-order valence-electron chi connectivity index (χ3n) is 11.6. The molecule has 0 spiro atoms. The second kappa shape index (κ2) is 15.1. The van der Waals surface area contributed by atoms with Crippen LogP contribution in [0.15, 0.2) is 206 Å². The highest BCUT2D eigenvalue weighted by Gasteiger charge is 2.24. The van der Waals surface area contributed by atoms with Gasteiger partial charge in [0.05, 0.1) is 15.9 Å². The lowest BCUT2D eigenvalue weighted by atomic mass is 9.94. The molecule has 6 heteroatoms. The fraction of sp³-hybridized carbons (Fsp3) is 0. The van der Waals surface area contributed by atoms with Crippen molar-refractivity contribution < 1.29 is 0 Å². The molecule has 0 aliphatic carbocycles. The quantitative estimate of drug-likeness (QED) is 0.161. The minimum absolute atomic E-state index is 0.622. The van der Waals surface area contributed by atoms with Gasteiger partial charge in [-0.25, -0.2) is 19.9 Å². The van der Waals surface area contributed by atoms with Crippen LogP contribution in [0, 0.1) is 0 Å². The van der Waals surface area contributed by atoms with E-state index in [1.165, 1.54) is 46.3 Å². The lowest BCUT2D eigenvalue weighted by molar-refractivity contribution is 1.07. The second-order valence-electron chi connectivity index (χ2n) is 15.3. The van der Waals surface area contributed by atoms with Crippen molar-refractivity contribution in [2.45, 2.75) is 0 Å². The van der Waals surface area contributed by atoms with Crippen LogP contribution in [0.25, 0.3) is 119 Å². The van der Waals surface area contributed by atoms with Gasteiger partial charge in [0, 0.05) is 69.2 Å². The van der Waals surface area contributed by atoms with Gasteiger partial charge in [-0.2, -0.15) is 0 Å². The van der Waals surface area contributed by atoms with Gasteiger partial charge >= 0.3 is 0 Å². The van der Waals surface area contributed by atoms with Crippen LogP contribution in [0.5, 0.6) is 0 Å². The van der Waals surface area contributed by atoms with Gasteiger partial charge in [0.2, 0.25) is 0 Å². The largest absolute Gasteiger partial charge is 0.246 e. The molecule has 4 aromatic heterocycles. The Balaban J connectivity index is 1.07. The summed E-state index contributed by atoms with van der Waals surface area (Å²) in [5.74, 6) is 1.89. The van der Waals surface area contributed by atoms with E-state index in [9.17, 15) is 0 Å². The van der Waals surface area contributed by atoms with Gasteiger partial charge in [-0.15, -0.1) is 22.7 Å². The molecule has 0 amide bonds. The molecular weight excluding hydrogens is 793 g/mol. The number of nitrogens with zero attached hydrogens (tertiary/aromatic N) is 4. The van der Waals surface area contributed by atoms with Crippen molar-refractivity contribution in [3.05, 3.63) is 206 Å². The number of hydrogen-bond donors (Lipinski definition) is 0. The number of aromatic nitrogens is 4. The molecule has 8 aromatic carbocycles. The third-order valence-corrected chi connectivity index (χ3v) is 14.0. The fourth-order valence-corrected chi connectivity index (χ4v) is 11.3. The Bertz CT molecular complexity index is 3620. The van der Waals surface area contributed by atoms with Crippen LogP contribution < -0.4 is 0 Å². The molecule has 0 aliphatic rings. The van der Waals surface area contributed by atoms with Gasteiger partial charge in [0.25, 0.3) is 0 Å². The third kappa shape index (κ3) is 6.28. The SMILES string of the molecule is c1ccc(-c2cccc(-c3nc(-c4ccccc4)nc(-c4ccc(-c5c(-c6cccc7c6sc6ccccc67)sc6c(-c7ccccc7)nc7ccccc7c56)cc4)n3)c2)cc1. The smallest absolute Gasteiger partial charge is 0.164 e. The molecule has 12 rings (SSSR count). The Kier molecular flexibility index (Phi) is 8.84. The van der Waals surface area contributed by atoms with E-state index in [1.54, 1.807) is 0 Å². The molecule has 0 fully saturated rings. The summed E-state index contributed by atoms with van der Waals surface area (Å²) in [5.41, 5.74) is 11.7. The molecule has 0 aliphatic heterocycles. The predicted octanol–water partition coefficient (Wildman–Crippen LogP) is 15.7. The molecule has 0 radical (unpaired) electrons. The first-order chi connectivity index (χ1) is 30.7. The Labute approximate surface area is 366 Å². The zero-order chi connectivity index (χ0) is 41.0. The normalized spacial score (nSPS) is 11.5. The Morgan fingerprint density at radius 3 is 1.60 bits per heavy atom. The zero-order valence-corrected chi connectivity index (χ0v) is 34.9. The Morgan fingerprint density at radius 1 is 0.323 bits per heavy atom. The van der Waals surface area contributed by atoms with Crippen LogP contribution in [0.4, 0.5) is 0 Å². The summed E-state index contributed by atoms with van der Waals surface area (Å²) in [5, 5.41) is 4.92. The summed E-state index contributed by atoms with van der Waals surface area (Å²) in [7, 11) is 0. The van der Waals surface area contributed by atoms with E-state index in [0.717, 1.165) is 55.5 Å². The summed E-state index contributed by atoms with van der Waals surface area (Å²) in [6, 6.07) is 72.5. The lowest BCUT2D eigenvalue weighted by Crippen LogP contribution is -2.00. The van der Waals surface area contributed by atoms with Crippen molar-refractivity contribution in [3.8, 4) is 78.1 Å². The number of benzene rings is 8. The molecule has 0 saturated carbocycles. The topological polar surface area (TPSA) is 51.6 Å². The average molecular weight is 827 g/mol. The van der Waals surface area contributed by atoms with E-state index in [1.807, 2.05) is 46.9 Å². The summed E-state index contributed by atoms with van der Waals surface area (Å²) in [6.07, 6.45) is 0. The first-order valence-corrected chi connectivity index (χ1v) is 22.3. The molecule has 4 nitrogen and oxygen atoms in total. The maximum absolute atomic E-state index is 5.35. The Hall–Kier alpha value is -7.64. The fourth-order valence-electron chi connectivity index (χ4n) is 8.60. The molecule has 0 N–H and O–H groups in total. The summed E-state index contributed by atoms with van der Waals surface area (Å²) in [4.78, 5) is 21.9. The van der Waals surface area contributed by atoms with E-state index in [4.69, 9.17) is 19.9 Å². The van der Waals surface area contributed by atoms with Gasteiger partial charge in [0.15, 0.2) is 17.5 Å². The second-order valence-corrected chi connectivity index (χ2v) is 17.4. The van der Waals surface area contributed by atoms with Crippen molar-refractivity contribution >= 4 is 63.8 Å². The number of thiophene rings is 2. The molecule has 0 atom stereocenters. The van der Waals surface area contributed by atoms with Crippen molar-refractivity contribution in [2.75, 3.05) is 0 Å². The average Bonchev–Trinajstić information content (AvgIpc) is 3.95. The summed E-state index contributed by atoms with van der Waals surface area (Å²) >= 11 is 3.71. The number of pyridine rings is 1. The van der Waals surface area contributed by atoms with Crippen molar-refractivity contribution in [1.29, 1.82) is 0 Å². The maximum atomic E-state index is 5.35. The number of fused-ring (bicyclic) bond motifs is 6. The molecule has 290 valence electrons. The summed E-state index contributed by atoms with van der Waals surface area (Å²) < 4.78 is 3.76. The zero-order valence-electron chi connectivity index (χ0n) is 33.2. The van der Waals surface area contributed by atoms with Gasteiger partial charge in [-0.1, -0.05) is 188 Å². The van der Waals surface area contributed by atoms with Crippen LogP contribution in [0.3, 0.4) is 0 Å². The predicted molar refractivity (Wildman–Crippen MR) is 261 cm³/mol. The van der Waals surface area contributed by atoms with Crippen molar-refractivity contribution in [3.63, 3.8) is 0 Å². The standard InChI is InChI=1S/C56H34N4S2/c1-4-16-35(17-5-1)40-22-14-23-41(34-40)56-59-54(38-20-8-3-9-21-38)58-55(60-56)39-32-30-36(31-33-39)48-49-44-25-10-12-28-46(44)57-50(37-18-6-2-7-19-37)53(49)62-52(48)45-27-15-26-43-42-24-11-13-29-47(42)61-51(43)45/h1-34H. The van der Waals surface area contributed by atoms with Crippen LogP contribution in [0.1, 0.15) is 0 Å². The molecular formula is C56H34N4S2. The van der Waals surface area contributed by atoms with Gasteiger partial charge in [0.1, 0.15) is 0 Å². The van der Waals surface area contributed by atoms with Crippen LogP contribution >= 0.6 is 22.7 Å². The highest BCUT2D eigenvalue weighted by molar-refractivity contribution is 7.27. The van der Waals surface area contributed by atoms with Gasteiger partial charge in [-0.05, 0) is 34.9 Å². The molecule has 0 bridgehead atoms. The molecule has 62 heavy (non-hydrogen) atoms. The molecule has 4 heterocycles. The lowest BCUT2D eigenvalue weighted by Gasteiger charge is -2.12. The first kappa shape index (κ1) is 36.2. The van der Waals surface area contributed by atoms with E-state index < -0.39 is 0 Å². The minimum Gasteiger partial charge on any atom is -0.246 e. The number of hydrogen-bond acceptors (Lipinski definition) is 6. The highest BCUT2D eigenvalue weighted by atomic mass is 32.1.